The Bertz CT molecular complexity index is 538. The molecule has 0 aromatic heterocycles. The van der Waals surface area contributed by atoms with E-state index in [1.165, 1.54) is 30.5 Å². The van der Waals surface area contributed by atoms with Gasteiger partial charge in [-0.15, -0.1) is 0 Å². The van der Waals surface area contributed by atoms with Gasteiger partial charge < -0.3 is 4.74 Å². The van der Waals surface area contributed by atoms with Gasteiger partial charge in [-0.1, -0.05) is 38.1 Å². The first-order valence-electron chi connectivity index (χ1n) is 8.47. The number of para-hydroxylation sites is 1. The lowest BCUT2D eigenvalue weighted by atomic mass is 10.2. The molecule has 0 N–H and O–H groups in total. The van der Waals surface area contributed by atoms with Crippen molar-refractivity contribution in [1.29, 1.82) is 0 Å². The van der Waals surface area contributed by atoms with Gasteiger partial charge in [0.1, 0.15) is 11.6 Å². The average Bonchev–Trinajstić information content (AvgIpc) is 3.32. The maximum absolute atomic E-state index is 12.4. The molecule has 3 rings (SSSR count). The van der Waals surface area contributed by atoms with Crippen LogP contribution in [0.1, 0.15) is 43.4 Å². The zero-order valence-corrected chi connectivity index (χ0v) is 15.0. The molecule has 1 aliphatic rings. The summed E-state index contributed by atoms with van der Waals surface area (Å²) in [6.45, 7) is 10.8. The summed E-state index contributed by atoms with van der Waals surface area (Å²) in [5.74, 6) is 1.74. The van der Waals surface area contributed by atoms with Crippen molar-refractivity contribution in [1.82, 2.24) is 0 Å². The monoisotopic (exact) mass is 316 g/mol. The van der Waals surface area contributed by atoms with E-state index in [-0.39, 0.29) is 5.82 Å². The normalized spacial score (nSPS) is 12.4. The summed E-state index contributed by atoms with van der Waals surface area (Å²) in [5.41, 5.74) is 3.19. The molecule has 2 heteroatoms. The van der Waals surface area contributed by atoms with Gasteiger partial charge in [0.2, 0.25) is 0 Å². The molecule has 0 heterocycles. The van der Waals surface area contributed by atoms with E-state index in [9.17, 15) is 4.39 Å². The number of rotatable bonds is 3. The molecule has 126 valence electrons. The SMILES string of the molecule is CC.Cc1cc(C)cc(F)c1.Cc1ccccc1OCC1CC1. The number of hydrogen-bond donors (Lipinski definition) is 0. The Morgan fingerprint density at radius 1 is 0.957 bits per heavy atom. The molecule has 0 spiro atoms. The predicted molar refractivity (Wildman–Crippen MR) is 96.6 cm³/mol. The largest absolute Gasteiger partial charge is 0.493 e. The van der Waals surface area contributed by atoms with E-state index >= 15 is 0 Å². The molecule has 1 nitrogen and oxygen atoms in total. The third-order valence-electron chi connectivity index (χ3n) is 3.45. The molecule has 0 aliphatic heterocycles. The van der Waals surface area contributed by atoms with Crippen molar-refractivity contribution in [2.75, 3.05) is 6.61 Å². The fourth-order valence-electron chi connectivity index (χ4n) is 2.13. The van der Waals surface area contributed by atoms with Crippen molar-refractivity contribution in [2.24, 2.45) is 5.92 Å². The molecule has 0 unspecified atom stereocenters. The lowest BCUT2D eigenvalue weighted by Gasteiger charge is -2.06. The van der Waals surface area contributed by atoms with Crippen molar-refractivity contribution in [3.05, 3.63) is 65.0 Å². The molecule has 0 amide bonds. The molecule has 2 aromatic carbocycles. The van der Waals surface area contributed by atoms with Gasteiger partial charge >= 0.3 is 0 Å². The smallest absolute Gasteiger partial charge is 0.123 e. The highest BCUT2D eigenvalue weighted by molar-refractivity contribution is 5.31. The highest BCUT2D eigenvalue weighted by Gasteiger charge is 2.21. The number of benzene rings is 2. The molecule has 0 bridgehead atoms. The Hall–Kier alpha value is -1.83. The van der Waals surface area contributed by atoms with E-state index in [2.05, 4.69) is 13.0 Å². The number of aryl methyl sites for hydroxylation is 3. The van der Waals surface area contributed by atoms with E-state index in [4.69, 9.17) is 4.74 Å². The first kappa shape index (κ1) is 19.2. The quantitative estimate of drug-likeness (QED) is 0.650. The lowest BCUT2D eigenvalue weighted by Crippen LogP contribution is -1.99. The molecule has 0 atom stereocenters. The minimum absolute atomic E-state index is 0.146. The fraction of sp³-hybridized carbons (Fsp3) is 0.429. The van der Waals surface area contributed by atoms with Gasteiger partial charge in [-0.2, -0.15) is 0 Å². The maximum Gasteiger partial charge on any atom is 0.123 e. The van der Waals surface area contributed by atoms with Crippen LogP contribution in [-0.4, -0.2) is 6.61 Å². The Labute approximate surface area is 140 Å². The van der Waals surface area contributed by atoms with Gasteiger partial charge in [-0.3, -0.25) is 0 Å². The van der Waals surface area contributed by atoms with E-state index < -0.39 is 0 Å². The van der Waals surface area contributed by atoms with Crippen LogP contribution in [0.4, 0.5) is 4.39 Å². The molecule has 2 aromatic rings. The van der Waals surface area contributed by atoms with Gasteiger partial charge in [0.15, 0.2) is 0 Å². The molecule has 1 aliphatic carbocycles. The summed E-state index contributed by atoms with van der Waals surface area (Å²) in [6, 6.07) is 13.2. The van der Waals surface area contributed by atoms with Gasteiger partial charge in [0.05, 0.1) is 6.61 Å². The summed E-state index contributed by atoms with van der Waals surface area (Å²) in [5, 5.41) is 0. The van der Waals surface area contributed by atoms with E-state index in [1.807, 2.05) is 52.0 Å². The standard InChI is InChI=1S/C11H14O.C8H9F.C2H6/c1-9-4-2-3-5-11(9)12-8-10-6-7-10;1-6-3-7(2)5-8(9)4-6;1-2/h2-5,10H,6-8H2,1H3;3-5H,1-2H3;1-2H3. The first-order valence-corrected chi connectivity index (χ1v) is 8.47. The predicted octanol–water partition coefficient (Wildman–Crippen LogP) is 6.25. The van der Waals surface area contributed by atoms with Gasteiger partial charge in [-0.25, -0.2) is 4.39 Å². The summed E-state index contributed by atoms with van der Waals surface area (Å²) in [6.07, 6.45) is 2.71. The zero-order chi connectivity index (χ0) is 17.2. The van der Waals surface area contributed by atoms with Crippen molar-refractivity contribution >= 4 is 0 Å². The Morgan fingerprint density at radius 2 is 1.52 bits per heavy atom. The van der Waals surface area contributed by atoms with E-state index in [0.29, 0.717) is 0 Å². The van der Waals surface area contributed by atoms with Crippen LogP contribution < -0.4 is 4.74 Å². The molecule has 1 saturated carbocycles. The van der Waals surface area contributed by atoms with E-state index in [0.717, 1.165) is 29.4 Å². The van der Waals surface area contributed by atoms with Gasteiger partial charge in [-0.05, 0) is 74.4 Å². The Kier molecular flexibility index (Phi) is 8.39. The number of hydrogen-bond acceptors (Lipinski definition) is 1. The Balaban J connectivity index is 0.000000215. The first-order chi connectivity index (χ1) is 11.0. The van der Waals surface area contributed by atoms with Crippen molar-refractivity contribution in [3.63, 3.8) is 0 Å². The molecule has 0 radical (unpaired) electrons. The lowest BCUT2D eigenvalue weighted by molar-refractivity contribution is 0.298. The van der Waals surface area contributed by atoms with Crippen molar-refractivity contribution in [2.45, 2.75) is 47.5 Å². The zero-order valence-electron chi connectivity index (χ0n) is 15.0. The molecular weight excluding hydrogens is 287 g/mol. The highest BCUT2D eigenvalue weighted by Crippen LogP contribution is 2.30. The second-order valence-electron chi connectivity index (χ2n) is 5.83. The van der Waals surface area contributed by atoms with Crippen LogP contribution in [0.3, 0.4) is 0 Å². The minimum atomic E-state index is -0.146. The third kappa shape index (κ3) is 7.83. The van der Waals surface area contributed by atoms with Gasteiger partial charge in [0.25, 0.3) is 0 Å². The summed E-state index contributed by atoms with van der Waals surface area (Å²) in [4.78, 5) is 0. The van der Waals surface area contributed by atoms with E-state index in [1.54, 1.807) is 0 Å². The second kappa shape index (κ2) is 10.0. The summed E-state index contributed by atoms with van der Waals surface area (Å²) < 4.78 is 18.1. The van der Waals surface area contributed by atoms with Crippen LogP contribution >= 0.6 is 0 Å². The second-order valence-corrected chi connectivity index (χ2v) is 5.83. The average molecular weight is 316 g/mol. The third-order valence-corrected chi connectivity index (χ3v) is 3.45. The molecular formula is C21H29FO. The molecule has 23 heavy (non-hydrogen) atoms. The van der Waals surface area contributed by atoms with Crippen LogP contribution in [0.5, 0.6) is 5.75 Å². The minimum Gasteiger partial charge on any atom is -0.493 e. The summed E-state index contributed by atoms with van der Waals surface area (Å²) >= 11 is 0. The van der Waals surface area contributed by atoms with Crippen LogP contribution in [0.15, 0.2) is 42.5 Å². The van der Waals surface area contributed by atoms with Gasteiger partial charge in [0, 0.05) is 0 Å². The fourth-order valence-corrected chi connectivity index (χ4v) is 2.13. The van der Waals surface area contributed by atoms with Crippen LogP contribution in [0.2, 0.25) is 0 Å². The Morgan fingerprint density at radius 3 is 2.00 bits per heavy atom. The van der Waals surface area contributed by atoms with Crippen LogP contribution in [0, 0.1) is 32.5 Å². The molecule has 0 saturated heterocycles. The topological polar surface area (TPSA) is 9.23 Å². The summed E-state index contributed by atoms with van der Waals surface area (Å²) in [7, 11) is 0. The van der Waals surface area contributed by atoms with Crippen molar-refractivity contribution in [3.8, 4) is 5.75 Å². The van der Waals surface area contributed by atoms with Crippen molar-refractivity contribution < 1.29 is 9.13 Å². The van der Waals surface area contributed by atoms with Crippen LogP contribution in [0.25, 0.3) is 0 Å². The van der Waals surface area contributed by atoms with Crippen LogP contribution in [-0.2, 0) is 0 Å². The number of ether oxygens (including phenoxy) is 1. The number of halogens is 1. The maximum atomic E-state index is 12.4. The highest BCUT2D eigenvalue weighted by atomic mass is 19.1. The molecule has 1 fully saturated rings.